The van der Waals surface area contributed by atoms with Crippen LogP contribution in [-0.2, 0) is 22.6 Å². The lowest BCUT2D eigenvalue weighted by atomic mass is 9.98. The molecule has 0 spiro atoms. The monoisotopic (exact) mass is 587 g/mol. The van der Waals surface area contributed by atoms with E-state index in [4.69, 9.17) is 19.8 Å². The molecule has 0 aliphatic carbocycles. The van der Waals surface area contributed by atoms with Gasteiger partial charge in [-0.15, -0.1) is 0 Å². The molecule has 2 saturated heterocycles. The Hall–Kier alpha value is -5.09. The van der Waals surface area contributed by atoms with E-state index in [1.54, 1.807) is 15.6 Å². The number of Topliss-reactive ketones (excluding diaryl/α,β-unsaturated/α-hetero) is 1. The van der Waals surface area contributed by atoms with Crippen molar-refractivity contribution in [3.8, 4) is 0 Å². The Bertz CT molecular complexity index is 1750. The number of pyridine rings is 1. The molecule has 2 aliphatic heterocycles. The zero-order valence-electron chi connectivity index (χ0n) is 24.3. The van der Waals surface area contributed by atoms with Gasteiger partial charge in [0.2, 0.25) is 5.91 Å². The third kappa shape index (κ3) is 5.89. The number of ketones is 1. The summed E-state index contributed by atoms with van der Waals surface area (Å²) in [5, 5.41) is 8.05. The summed E-state index contributed by atoms with van der Waals surface area (Å²) >= 11 is 0. The van der Waals surface area contributed by atoms with Crippen LogP contribution in [0.15, 0.2) is 91.1 Å². The van der Waals surface area contributed by atoms with E-state index in [9.17, 15) is 9.59 Å². The summed E-state index contributed by atoms with van der Waals surface area (Å²) in [6.45, 7) is 3.08. The lowest BCUT2D eigenvalue weighted by Gasteiger charge is -2.26. The van der Waals surface area contributed by atoms with E-state index in [1.807, 2.05) is 60.7 Å². The molecular formula is C34H33N7O3. The van der Waals surface area contributed by atoms with Gasteiger partial charge in [0, 0.05) is 44.5 Å². The molecule has 2 aliphatic rings. The van der Waals surface area contributed by atoms with Crippen molar-refractivity contribution in [3.63, 3.8) is 0 Å². The fourth-order valence-electron chi connectivity index (χ4n) is 5.70. The van der Waals surface area contributed by atoms with E-state index in [-0.39, 0.29) is 17.6 Å². The largest absolute Gasteiger partial charge is 0.381 e. The molecule has 5 heterocycles. The van der Waals surface area contributed by atoms with E-state index in [1.165, 1.54) is 0 Å². The first kappa shape index (κ1) is 27.7. The van der Waals surface area contributed by atoms with Crippen LogP contribution in [0.3, 0.4) is 0 Å². The van der Waals surface area contributed by atoms with Gasteiger partial charge in [0.25, 0.3) is 0 Å². The van der Waals surface area contributed by atoms with Gasteiger partial charge in [-0.1, -0.05) is 66.7 Å². The van der Waals surface area contributed by atoms with E-state index >= 15 is 0 Å². The van der Waals surface area contributed by atoms with Crippen molar-refractivity contribution in [2.24, 2.45) is 5.92 Å². The molecule has 2 fully saturated rings. The molecule has 44 heavy (non-hydrogen) atoms. The summed E-state index contributed by atoms with van der Waals surface area (Å²) in [5.74, 6) is 2.76. The van der Waals surface area contributed by atoms with Crippen molar-refractivity contribution in [3.05, 3.63) is 108 Å². The van der Waals surface area contributed by atoms with Gasteiger partial charge in [0.05, 0.1) is 25.0 Å². The van der Waals surface area contributed by atoms with Gasteiger partial charge in [0.15, 0.2) is 11.4 Å². The number of benzene rings is 2. The fourth-order valence-corrected chi connectivity index (χ4v) is 5.70. The number of ether oxygens (including phenoxy) is 1. The number of carbonyl (C=O) groups is 2. The normalized spacial score (nSPS) is 15.0. The molecule has 0 unspecified atom stereocenters. The van der Waals surface area contributed by atoms with Crippen molar-refractivity contribution in [2.45, 2.75) is 32.4 Å². The van der Waals surface area contributed by atoms with E-state index in [0.717, 1.165) is 23.4 Å². The highest BCUT2D eigenvalue weighted by Gasteiger charge is 2.27. The van der Waals surface area contributed by atoms with Crippen LogP contribution < -0.4 is 15.1 Å². The number of hydrogen-bond acceptors (Lipinski definition) is 8. The Morgan fingerprint density at radius 1 is 0.909 bits per heavy atom. The number of aromatic nitrogens is 4. The maximum atomic E-state index is 13.4. The maximum Gasteiger partial charge on any atom is 0.228 e. The molecule has 222 valence electrons. The summed E-state index contributed by atoms with van der Waals surface area (Å²) in [6.07, 6.45) is 3.37. The van der Waals surface area contributed by atoms with Crippen LogP contribution >= 0.6 is 0 Å². The van der Waals surface area contributed by atoms with Gasteiger partial charge < -0.3 is 15.0 Å². The number of nitrogens with one attached hydrogen (secondary N) is 1. The van der Waals surface area contributed by atoms with Crippen LogP contribution in [0.4, 0.5) is 23.3 Å². The standard InChI is InChI=1S/C34H33N7O3/c42-28(17-26-22-44-23-26)27-19-35-41-32(39(20-24-9-3-1-4-10-24)21-25-11-5-2-6-12-25)18-30(38-34(27)41)36-29-13-7-14-31(37-29)40-16-8-15-33(40)43/h1-7,9-14,18-19,26H,8,15-17,20-23H2,(H,36,37,38). The van der Waals surface area contributed by atoms with Gasteiger partial charge in [-0.3, -0.25) is 14.5 Å². The first-order valence-electron chi connectivity index (χ1n) is 15.0. The van der Waals surface area contributed by atoms with Crippen LogP contribution in [0, 0.1) is 5.92 Å². The second-order valence-electron chi connectivity index (χ2n) is 11.3. The summed E-state index contributed by atoms with van der Waals surface area (Å²) in [4.78, 5) is 39.4. The van der Waals surface area contributed by atoms with E-state index in [2.05, 4.69) is 34.5 Å². The van der Waals surface area contributed by atoms with E-state index in [0.29, 0.717) is 74.4 Å². The molecule has 7 rings (SSSR count). The average molecular weight is 588 g/mol. The quantitative estimate of drug-likeness (QED) is 0.204. The predicted molar refractivity (Wildman–Crippen MR) is 168 cm³/mol. The molecule has 0 saturated carbocycles. The first-order valence-corrected chi connectivity index (χ1v) is 15.0. The number of anilines is 4. The van der Waals surface area contributed by atoms with Crippen molar-refractivity contribution in [1.82, 2.24) is 19.6 Å². The van der Waals surface area contributed by atoms with Crippen LogP contribution in [0.25, 0.3) is 5.65 Å². The zero-order valence-corrected chi connectivity index (χ0v) is 24.3. The zero-order chi connectivity index (χ0) is 29.9. The highest BCUT2D eigenvalue weighted by molar-refractivity contribution is 6.02. The van der Waals surface area contributed by atoms with Gasteiger partial charge in [-0.2, -0.15) is 9.61 Å². The molecule has 2 aromatic carbocycles. The predicted octanol–water partition coefficient (Wildman–Crippen LogP) is 5.42. The lowest BCUT2D eigenvalue weighted by molar-refractivity contribution is -0.117. The number of amides is 1. The second-order valence-corrected chi connectivity index (χ2v) is 11.3. The summed E-state index contributed by atoms with van der Waals surface area (Å²) in [5.41, 5.74) is 3.24. The minimum atomic E-state index is -0.00534. The molecule has 10 nitrogen and oxygen atoms in total. The molecule has 3 aromatic heterocycles. The summed E-state index contributed by atoms with van der Waals surface area (Å²) in [6, 6.07) is 28.0. The van der Waals surface area contributed by atoms with Crippen molar-refractivity contribution in [1.29, 1.82) is 0 Å². The molecule has 0 atom stereocenters. The molecular weight excluding hydrogens is 554 g/mol. The lowest BCUT2D eigenvalue weighted by Crippen LogP contribution is -2.29. The SMILES string of the molecule is O=C(CC1COC1)c1cnn2c(N(Cc3ccccc3)Cc3ccccc3)cc(Nc3cccc(N4CCCC4=O)n3)nc12. The van der Waals surface area contributed by atoms with Crippen LogP contribution in [0.1, 0.15) is 40.7 Å². The molecule has 0 bridgehead atoms. The smallest absolute Gasteiger partial charge is 0.228 e. The topological polar surface area (TPSA) is 105 Å². The number of fused-ring (bicyclic) bond motifs is 1. The van der Waals surface area contributed by atoms with E-state index < -0.39 is 0 Å². The Morgan fingerprint density at radius 3 is 2.27 bits per heavy atom. The van der Waals surface area contributed by atoms with Crippen molar-refractivity contribution >= 4 is 40.6 Å². The third-order valence-electron chi connectivity index (χ3n) is 8.03. The number of nitrogens with zero attached hydrogens (tertiary/aromatic N) is 6. The van der Waals surface area contributed by atoms with Gasteiger partial charge >= 0.3 is 0 Å². The summed E-state index contributed by atoms with van der Waals surface area (Å²) in [7, 11) is 0. The van der Waals surface area contributed by atoms with Crippen molar-refractivity contribution in [2.75, 3.05) is 34.9 Å². The summed E-state index contributed by atoms with van der Waals surface area (Å²) < 4.78 is 7.06. The van der Waals surface area contributed by atoms with Gasteiger partial charge in [-0.05, 0) is 29.7 Å². The van der Waals surface area contributed by atoms with Gasteiger partial charge in [0.1, 0.15) is 23.3 Å². The Kier molecular flexibility index (Phi) is 7.72. The Labute approximate surface area is 255 Å². The number of rotatable bonds is 11. The highest BCUT2D eigenvalue weighted by Crippen LogP contribution is 2.29. The number of hydrogen-bond donors (Lipinski definition) is 1. The fraction of sp³-hybridized carbons (Fsp3) is 0.265. The molecule has 0 radical (unpaired) electrons. The second kappa shape index (κ2) is 12.3. The Morgan fingerprint density at radius 2 is 1.64 bits per heavy atom. The minimum Gasteiger partial charge on any atom is -0.381 e. The van der Waals surface area contributed by atoms with Crippen LogP contribution in [0.2, 0.25) is 0 Å². The first-order chi connectivity index (χ1) is 21.6. The Balaban J connectivity index is 1.30. The number of carbonyl (C=O) groups excluding carboxylic acids is 2. The highest BCUT2D eigenvalue weighted by atomic mass is 16.5. The van der Waals surface area contributed by atoms with Crippen LogP contribution in [0.5, 0.6) is 0 Å². The minimum absolute atomic E-state index is 0.00534. The van der Waals surface area contributed by atoms with Gasteiger partial charge in [-0.25, -0.2) is 9.97 Å². The molecule has 5 aromatic rings. The van der Waals surface area contributed by atoms with Crippen molar-refractivity contribution < 1.29 is 14.3 Å². The average Bonchev–Trinajstić information content (AvgIpc) is 3.66. The molecule has 1 N–H and O–H groups in total. The third-order valence-corrected chi connectivity index (χ3v) is 8.03. The molecule has 1 amide bonds. The molecule has 10 heteroatoms. The van der Waals surface area contributed by atoms with Crippen LogP contribution in [-0.4, -0.2) is 51.0 Å². The maximum absolute atomic E-state index is 13.4.